The highest BCUT2D eigenvalue weighted by Gasteiger charge is 2.27. The number of amides is 1. The van der Waals surface area contributed by atoms with Gasteiger partial charge in [-0.15, -0.1) is 0 Å². The second-order valence-corrected chi connectivity index (χ2v) is 10.4. The fourth-order valence-corrected chi connectivity index (χ4v) is 4.62. The predicted octanol–water partition coefficient (Wildman–Crippen LogP) is 4.71. The van der Waals surface area contributed by atoms with E-state index in [0.29, 0.717) is 72.5 Å². The van der Waals surface area contributed by atoms with Crippen LogP contribution in [0.3, 0.4) is 0 Å². The second-order valence-electron chi connectivity index (χ2n) is 10.0. The number of aromatic nitrogens is 2. The predicted molar refractivity (Wildman–Crippen MR) is 153 cm³/mol. The first-order valence-electron chi connectivity index (χ1n) is 13.4. The summed E-state index contributed by atoms with van der Waals surface area (Å²) in [5.41, 5.74) is 1.61. The van der Waals surface area contributed by atoms with Gasteiger partial charge in [0.15, 0.2) is 0 Å². The molecule has 1 aromatic heterocycles. The summed E-state index contributed by atoms with van der Waals surface area (Å²) in [6.45, 7) is 1.94. The molecule has 5 rings (SSSR count). The maximum Gasteiger partial charge on any atom is 0.320 e. The van der Waals surface area contributed by atoms with Crippen LogP contribution >= 0.6 is 11.6 Å². The van der Waals surface area contributed by atoms with Crippen molar-refractivity contribution in [1.82, 2.24) is 14.9 Å². The SMILES string of the molecule is COCC[C@@H]1COC(=O)CN1CC=CC(=O)Nc1cc2c(Nc3ccc(F)c(Cl)c3)ncnc2cc1OCC1CC1. The lowest BCUT2D eigenvalue weighted by molar-refractivity contribution is -0.154. The Morgan fingerprint density at radius 2 is 2.12 bits per heavy atom. The number of nitrogens with one attached hydrogen (secondary N) is 2. The number of rotatable bonds is 12. The molecule has 0 unspecified atom stereocenters. The van der Waals surface area contributed by atoms with Crippen LogP contribution in [0.15, 0.2) is 48.8 Å². The summed E-state index contributed by atoms with van der Waals surface area (Å²) in [6.07, 6.45) is 7.51. The van der Waals surface area contributed by atoms with Crippen molar-refractivity contribution in [1.29, 1.82) is 0 Å². The number of halogens is 2. The van der Waals surface area contributed by atoms with Crippen molar-refractivity contribution >= 4 is 51.6 Å². The van der Waals surface area contributed by atoms with Gasteiger partial charge in [-0.1, -0.05) is 17.7 Å². The van der Waals surface area contributed by atoms with Gasteiger partial charge in [-0.3, -0.25) is 14.5 Å². The van der Waals surface area contributed by atoms with Gasteiger partial charge in [0, 0.05) is 49.5 Å². The Bertz CT molecular complexity index is 1450. The first kappa shape index (κ1) is 28.7. The molecule has 2 heterocycles. The Morgan fingerprint density at radius 3 is 2.90 bits per heavy atom. The Morgan fingerprint density at radius 1 is 1.27 bits per heavy atom. The van der Waals surface area contributed by atoms with Crippen molar-refractivity contribution in [3.8, 4) is 5.75 Å². The average molecular weight is 584 g/mol. The number of fused-ring (bicyclic) bond motifs is 1. The Hall–Kier alpha value is -3.80. The van der Waals surface area contributed by atoms with Crippen LogP contribution in [0.25, 0.3) is 10.9 Å². The molecule has 12 heteroatoms. The topological polar surface area (TPSA) is 115 Å². The molecule has 1 atom stereocenters. The van der Waals surface area contributed by atoms with E-state index >= 15 is 0 Å². The van der Waals surface area contributed by atoms with E-state index in [1.807, 2.05) is 4.90 Å². The maximum absolute atomic E-state index is 13.6. The highest BCUT2D eigenvalue weighted by Crippen LogP contribution is 2.36. The Kier molecular flexibility index (Phi) is 9.28. The van der Waals surface area contributed by atoms with Crippen LogP contribution in [-0.4, -0.2) is 72.8 Å². The number of esters is 1. The van der Waals surface area contributed by atoms with Gasteiger partial charge in [0.25, 0.3) is 0 Å². The van der Waals surface area contributed by atoms with Gasteiger partial charge < -0.3 is 24.8 Å². The molecule has 1 saturated carbocycles. The van der Waals surface area contributed by atoms with Crippen LogP contribution in [0.2, 0.25) is 5.02 Å². The third-order valence-corrected chi connectivity index (χ3v) is 7.19. The normalized spacial score (nSPS) is 17.5. The third-order valence-electron chi connectivity index (χ3n) is 6.90. The standard InChI is InChI=1S/C29H31ClFN5O5/c1-39-10-8-20-16-41-28(38)14-36(20)9-2-3-27(37)35-25-12-21-24(13-26(25)40-15-18-4-5-18)32-17-33-29(21)34-19-6-7-23(31)22(30)11-19/h2-3,6-7,11-13,17-18,20H,4-5,8-10,14-16H2,1H3,(H,35,37)(H,32,33,34)/t20-/m1/s1. The van der Waals surface area contributed by atoms with Crippen LogP contribution in [-0.2, 0) is 19.1 Å². The first-order valence-corrected chi connectivity index (χ1v) is 13.8. The number of ether oxygens (including phenoxy) is 3. The first-order chi connectivity index (χ1) is 19.9. The Labute approximate surface area is 241 Å². The van der Waals surface area contributed by atoms with Crippen LogP contribution in [0.5, 0.6) is 5.75 Å². The molecule has 2 fully saturated rings. The van der Waals surface area contributed by atoms with E-state index in [4.69, 9.17) is 25.8 Å². The van der Waals surface area contributed by atoms with Gasteiger partial charge in [-0.05, 0) is 49.4 Å². The minimum Gasteiger partial charge on any atom is -0.491 e. The van der Waals surface area contributed by atoms with E-state index in [9.17, 15) is 14.0 Å². The number of benzene rings is 2. The number of nitrogens with zero attached hydrogens (tertiary/aromatic N) is 3. The molecule has 1 saturated heterocycles. The largest absolute Gasteiger partial charge is 0.491 e. The minimum absolute atomic E-state index is 0.0182. The molecular formula is C29H31ClFN5O5. The van der Waals surface area contributed by atoms with Crippen molar-refractivity contribution in [2.45, 2.75) is 25.3 Å². The lowest BCUT2D eigenvalue weighted by Crippen LogP contribution is -2.48. The van der Waals surface area contributed by atoms with Crippen molar-refractivity contribution in [2.24, 2.45) is 5.92 Å². The number of carbonyl (C=O) groups excluding carboxylic acids is 2. The van der Waals surface area contributed by atoms with E-state index in [1.54, 1.807) is 31.4 Å². The molecule has 3 aromatic rings. The number of carbonyl (C=O) groups is 2. The van der Waals surface area contributed by atoms with Crippen molar-refractivity contribution in [3.05, 3.63) is 59.7 Å². The molecule has 216 valence electrons. The number of hydrogen-bond acceptors (Lipinski definition) is 9. The van der Waals surface area contributed by atoms with Gasteiger partial charge in [0.05, 0.1) is 29.4 Å². The fraction of sp³-hybridized carbons (Fsp3) is 0.379. The summed E-state index contributed by atoms with van der Waals surface area (Å²) >= 11 is 5.95. The molecule has 1 amide bonds. The molecular weight excluding hydrogens is 553 g/mol. The lowest BCUT2D eigenvalue weighted by atomic mass is 10.1. The molecule has 2 aromatic carbocycles. The number of hydrogen-bond donors (Lipinski definition) is 2. The quantitative estimate of drug-likeness (QED) is 0.231. The van der Waals surface area contributed by atoms with Gasteiger partial charge in [-0.2, -0.15) is 0 Å². The third kappa shape index (κ3) is 7.69. The molecule has 1 aliphatic heterocycles. The smallest absolute Gasteiger partial charge is 0.320 e. The highest BCUT2D eigenvalue weighted by molar-refractivity contribution is 6.31. The van der Waals surface area contributed by atoms with Crippen molar-refractivity contribution < 1.29 is 28.2 Å². The zero-order valence-corrected chi connectivity index (χ0v) is 23.3. The van der Waals surface area contributed by atoms with E-state index in [1.165, 1.54) is 24.5 Å². The molecule has 0 bridgehead atoms. The number of anilines is 3. The fourth-order valence-electron chi connectivity index (χ4n) is 4.44. The summed E-state index contributed by atoms with van der Waals surface area (Å²) in [5, 5.41) is 6.66. The van der Waals surface area contributed by atoms with Crippen LogP contribution in [0.1, 0.15) is 19.3 Å². The maximum atomic E-state index is 13.6. The number of cyclic esters (lactones) is 1. The van der Waals surface area contributed by atoms with Crippen LogP contribution in [0, 0.1) is 11.7 Å². The molecule has 0 radical (unpaired) electrons. The number of morpholine rings is 1. The zero-order valence-electron chi connectivity index (χ0n) is 22.6. The van der Waals surface area contributed by atoms with Crippen LogP contribution < -0.4 is 15.4 Å². The minimum atomic E-state index is -0.522. The Balaban J connectivity index is 1.34. The zero-order chi connectivity index (χ0) is 28.8. The van der Waals surface area contributed by atoms with Crippen molar-refractivity contribution in [3.63, 3.8) is 0 Å². The average Bonchev–Trinajstić information content (AvgIpc) is 3.78. The van der Waals surface area contributed by atoms with Gasteiger partial charge in [0.2, 0.25) is 5.91 Å². The summed E-state index contributed by atoms with van der Waals surface area (Å²) in [6, 6.07) is 7.82. The molecule has 10 nitrogen and oxygen atoms in total. The monoisotopic (exact) mass is 583 g/mol. The number of methoxy groups -OCH3 is 1. The molecule has 1 aliphatic carbocycles. The molecule has 2 aliphatic rings. The summed E-state index contributed by atoms with van der Waals surface area (Å²) in [5.74, 6) is 0.286. The second kappa shape index (κ2) is 13.2. The van der Waals surface area contributed by atoms with Crippen molar-refractivity contribution in [2.75, 3.05) is 50.7 Å². The van der Waals surface area contributed by atoms with E-state index < -0.39 is 5.82 Å². The van der Waals surface area contributed by atoms with E-state index in [0.717, 1.165) is 12.8 Å². The summed E-state index contributed by atoms with van der Waals surface area (Å²) in [7, 11) is 1.63. The summed E-state index contributed by atoms with van der Waals surface area (Å²) < 4.78 is 30.1. The van der Waals surface area contributed by atoms with Crippen LogP contribution in [0.4, 0.5) is 21.6 Å². The molecule has 41 heavy (non-hydrogen) atoms. The highest BCUT2D eigenvalue weighted by atomic mass is 35.5. The van der Waals surface area contributed by atoms with Gasteiger partial charge in [0.1, 0.15) is 30.3 Å². The van der Waals surface area contributed by atoms with Gasteiger partial charge >= 0.3 is 5.97 Å². The summed E-state index contributed by atoms with van der Waals surface area (Å²) in [4.78, 5) is 35.5. The lowest BCUT2D eigenvalue weighted by Gasteiger charge is -2.33. The van der Waals surface area contributed by atoms with E-state index in [2.05, 4.69) is 20.6 Å². The molecule has 2 N–H and O–H groups in total. The van der Waals surface area contributed by atoms with E-state index in [-0.39, 0.29) is 29.5 Å². The molecule has 0 spiro atoms. The van der Waals surface area contributed by atoms with Gasteiger partial charge in [-0.25, -0.2) is 14.4 Å².